The fraction of sp³-hybridized carbons (Fsp3) is 0.300. The molecule has 142 valence electrons. The predicted octanol–water partition coefficient (Wildman–Crippen LogP) is 3.64. The van der Waals surface area contributed by atoms with Crippen molar-refractivity contribution in [1.29, 1.82) is 0 Å². The molecule has 0 saturated carbocycles. The van der Waals surface area contributed by atoms with Gasteiger partial charge in [-0.15, -0.1) is 0 Å². The van der Waals surface area contributed by atoms with Gasteiger partial charge >= 0.3 is 0 Å². The van der Waals surface area contributed by atoms with Crippen molar-refractivity contribution < 1.29 is 22.8 Å². The third-order valence-corrected chi connectivity index (χ3v) is 4.70. The Bertz CT molecular complexity index is 876. The number of benzene rings is 2. The van der Waals surface area contributed by atoms with Gasteiger partial charge in [0, 0.05) is 12.5 Å². The van der Waals surface area contributed by atoms with Crippen molar-refractivity contribution in [2.24, 2.45) is 5.92 Å². The van der Waals surface area contributed by atoms with Crippen molar-refractivity contribution in [3.63, 3.8) is 0 Å². The summed E-state index contributed by atoms with van der Waals surface area (Å²) < 4.78 is 41.1. The third-order valence-electron chi connectivity index (χ3n) is 4.70. The van der Waals surface area contributed by atoms with Gasteiger partial charge in [-0.3, -0.25) is 9.59 Å². The molecule has 1 saturated heterocycles. The van der Waals surface area contributed by atoms with Gasteiger partial charge in [0.1, 0.15) is 11.6 Å². The minimum absolute atomic E-state index is 0.223. The summed E-state index contributed by atoms with van der Waals surface area (Å²) in [4.78, 5) is 24.7. The van der Waals surface area contributed by atoms with Crippen LogP contribution in [-0.2, 0) is 15.3 Å². The highest BCUT2D eigenvalue weighted by Crippen LogP contribution is 2.32. The van der Waals surface area contributed by atoms with Crippen LogP contribution in [0.15, 0.2) is 42.5 Å². The number of nitrogens with one attached hydrogen (secondary N) is 2. The van der Waals surface area contributed by atoms with Gasteiger partial charge in [-0.1, -0.05) is 30.3 Å². The van der Waals surface area contributed by atoms with Crippen molar-refractivity contribution in [1.82, 2.24) is 5.32 Å². The van der Waals surface area contributed by atoms with E-state index in [0.717, 1.165) is 6.07 Å². The second-order valence-electron chi connectivity index (χ2n) is 7.01. The van der Waals surface area contributed by atoms with Gasteiger partial charge < -0.3 is 10.6 Å². The molecule has 1 aliphatic rings. The van der Waals surface area contributed by atoms with Gasteiger partial charge in [-0.2, -0.15) is 0 Å². The Morgan fingerprint density at radius 3 is 2.44 bits per heavy atom. The smallest absolute Gasteiger partial charge is 0.237 e. The van der Waals surface area contributed by atoms with Crippen molar-refractivity contribution in [2.75, 3.05) is 11.9 Å². The second-order valence-corrected chi connectivity index (χ2v) is 7.01. The topological polar surface area (TPSA) is 58.2 Å². The number of hydrogen-bond donors (Lipinski definition) is 2. The summed E-state index contributed by atoms with van der Waals surface area (Å²) in [6.07, 6.45) is 0. The molecule has 0 spiro atoms. The molecule has 7 heteroatoms. The van der Waals surface area contributed by atoms with Crippen LogP contribution < -0.4 is 10.6 Å². The molecular formula is C20H19F3N2O2. The van der Waals surface area contributed by atoms with Crippen molar-refractivity contribution >= 4 is 17.5 Å². The zero-order valence-electron chi connectivity index (χ0n) is 14.9. The summed E-state index contributed by atoms with van der Waals surface area (Å²) in [5.41, 5.74) is -0.672. The monoisotopic (exact) mass is 376 g/mol. The molecule has 1 aliphatic heterocycles. The van der Waals surface area contributed by atoms with Crippen molar-refractivity contribution in [3.8, 4) is 0 Å². The summed E-state index contributed by atoms with van der Waals surface area (Å²) in [5.74, 6) is -5.10. The lowest BCUT2D eigenvalue weighted by atomic mass is 9.86. The maximum atomic E-state index is 14.0. The van der Waals surface area contributed by atoms with Gasteiger partial charge in [0.05, 0.1) is 5.69 Å². The zero-order valence-corrected chi connectivity index (χ0v) is 14.9. The molecule has 2 unspecified atom stereocenters. The van der Waals surface area contributed by atoms with E-state index in [0.29, 0.717) is 11.1 Å². The maximum absolute atomic E-state index is 14.0. The summed E-state index contributed by atoms with van der Waals surface area (Å²) in [6, 6.07) is 9.98. The van der Waals surface area contributed by atoms with Crippen LogP contribution in [-0.4, -0.2) is 18.4 Å². The standard InChI is InChI=1S/C20H19F3N2O2/c1-20(2,23)12-8-6-11(7-9-12)13-10-24-18(26)16(13)19(27)25-15-5-3-4-14(21)17(15)22/h3-9,13,16H,10H2,1-2H3,(H,24,26)(H,25,27). The number of anilines is 1. The number of hydrogen-bond acceptors (Lipinski definition) is 2. The predicted molar refractivity (Wildman–Crippen MR) is 94.8 cm³/mol. The molecule has 27 heavy (non-hydrogen) atoms. The fourth-order valence-corrected chi connectivity index (χ4v) is 3.17. The average Bonchev–Trinajstić information content (AvgIpc) is 3.00. The molecule has 0 aliphatic carbocycles. The van der Waals surface area contributed by atoms with Crippen molar-refractivity contribution in [2.45, 2.75) is 25.4 Å². The molecule has 2 aromatic carbocycles. The van der Waals surface area contributed by atoms with Crippen LogP contribution in [0.4, 0.5) is 18.9 Å². The minimum Gasteiger partial charge on any atom is -0.355 e. The molecule has 4 nitrogen and oxygen atoms in total. The Morgan fingerprint density at radius 1 is 1.15 bits per heavy atom. The highest BCUT2D eigenvalue weighted by Gasteiger charge is 2.41. The van der Waals surface area contributed by atoms with Gasteiger partial charge in [0.25, 0.3) is 0 Å². The van der Waals surface area contributed by atoms with E-state index in [1.54, 1.807) is 24.3 Å². The van der Waals surface area contributed by atoms with E-state index < -0.39 is 41.0 Å². The molecule has 0 radical (unpaired) electrons. The number of halogens is 3. The lowest BCUT2D eigenvalue weighted by Crippen LogP contribution is -2.32. The lowest BCUT2D eigenvalue weighted by molar-refractivity contribution is -0.130. The number of amides is 2. The van der Waals surface area contributed by atoms with Crippen LogP contribution in [0.3, 0.4) is 0 Å². The van der Waals surface area contributed by atoms with E-state index in [-0.39, 0.29) is 12.2 Å². The fourth-order valence-electron chi connectivity index (χ4n) is 3.17. The number of rotatable bonds is 4. The highest BCUT2D eigenvalue weighted by molar-refractivity contribution is 6.08. The molecule has 2 aromatic rings. The quantitative estimate of drug-likeness (QED) is 0.801. The number of carbonyl (C=O) groups is 2. The molecule has 0 bridgehead atoms. The van der Waals surface area contributed by atoms with Crippen LogP contribution in [0.1, 0.15) is 30.9 Å². The maximum Gasteiger partial charge on any atom is 0.237 e. The summed E-state index contributed by atoms with van der Waals surface area (Å²) in [7, 11) is 0. The van der Waals surface area contributed by atoms with E-state index in [9.17, 15) is 22.8 Å². The Labute approximate surface area is 154 Å². The normalized spacial score (nSPS) is 19.7. The van der Waals surface area contributed by atoms with E-state index in [4.69, 9.17) is 0 Å². The molecular weight excluding hydrogens is 357 g/mol. The Morgan fingerprint density at radius 2 is 1.81 bits per heavy atom. The minimum atomic E-state index is -1.51. The summed E-state index contributed by atoms with van der Waals surface area (Å²) >= 11 is 0. The van der Waals surface area contributed by atoms with Gasteiger partial charge in [0.15, 0.2) is 11.6 Å². The third kappa shape index (κ3) is 3.82. The zero-order chi connectivity index (χ0) is 19.8. The lowest BCUT2D eigenvalue weighted by Gasteiger charge is -2.19. The van der Waals surface area contributed by atoms with Crippen LogP contribution in [0.25, 0.3) is 0 Å². The number of alkyl halides is 1. The van der Waals surface area contributed by atoms with E-state index in [1.807, 2.05) is 0 Å². The Hall–Kier alpha value is -2.83. The molecule has 1 heterocycles. The first-order chi connectivity index (χ1) is 12.7. The van der Waals surface area contributed by atoms with Crippen LogP contribution in [0.2, 0.25) is 0 Å². The van der Waals surface area contributed by atoms with Gasteiger partial charge in [-0.25, -0.2) is 13.2 Å². The first kappa shape index (κ1) is 18.9. The van der Waals surface area contributed by atoms with E-state index in [2.05, 4.69) is 10.6 Å². The molecule has 0 aromatic heterocycles. The van der Waals surface area contributed by atoms with Crippen LogP contribution in [0.5, 0.6) is 0 Å². The number of carbonyl (C=O) groups excluding carboxylic acids is 2. The second kappa shape index (κ2) is 7.06. The molecule has 2 amide bonds. The highest BCUT2D eigenvalue weighted by atomic mass is 19.2. The summed E-state index contributed by atoms with van der Waals surface area (Å²) in [5, 5.41) is 4.90. The SMILES string of the molecule is CC(C)(F)c1ccc(C2CNC(=O)C2C(=O)Nc2cccc(F)c2F)cc1. The summed E-state index contributed by atoms with van der Waals surface area (Å²) in [6.45, 7) is 3.10. The first-order valence-corrected chi connectivity index (χ1v) is 8.50. The average molecular weight is 376 g/mol. The largest absolute Gasteiger partial charge is 0.355 e. The van der Waals surface area contributed by atoms with E-state index >= 15 is 0 Å². The molecule has 2 N–H and O–H groups in total. The first-order valence-electron chi connectivity index (χ1n) is 8.50. The van der Waals surface area contributed by atoms with Gasteiger partial charge in [-0.05, 0) is 37.1 Å². The van der Waals surface area contributed by atoms with Crippen molar-refractivity contribution in [3.05, 3.63) is 65.2 Å². The Balaban J connectivity index is 1.84. The molecule has 3 rings (SSSR count). The van der Waals surface area contributed by atoms with Crippen LogP contribution in [0, 0.1) is 17.6 Å². The van der Waals surface area contributed by atoms with Crippen LogP contribution >= 0.6 is 0 Å². The molecule has 2 atom stereocenters. The molecule has 1 fully saturated rings. The van der Waals surface area contributed by atoms with Gasteiger partial charge in [0.2, 0.25) is 11.8 Å². The van der Waals surface area contributed by atoms with E-state index in [1.165, 1.54) is 26.0 Å². The Kier molecular flexibility index (Phi) is 4.95.